The molecule has 6 heterocycles. The Kier molecular flexibility index (Phi) is 8.76. The number of hydrogen-bond acceptors (Lipinski definition) is 7. The lowest BCUT2D eigenvalue weighted by Crippen LogP contribution is -2.30. The number of aromatic amines is 2. The van der Waals surface area contributed by atoms with Crippen molar-refractivity contribution in [3.63, 3.8) is 0 Å². The predicted molar refractivity (Wildman–Crippen MR) is 190 cm³/mol. The minimum Gasteiger partial charge on any atom is -0.492 e. The molecule has 6 aromatic rings. The lowest BCUT2D eigenvalue weighted by atomic mass is 9.94. The molecule has 0 atom stereocenters. The molecule has 2 aliphatic heterocycles. The highest BCUT2D eigenvalue weighted by Gasteiger charge is 2.19. The number of carbonyl (C=O) groups is 1. The summed E-state index contributed by atoms with van der Waals surface area (Å²) in [4.78, 5) is 27.5. The number of ether oxygens (including phenoxy) is 1. The topological polar surface area (TPSA) is 124 Å². The molecule has 1 amide bonds. The predicted octanol–water partition coefficient (Wildman–Crippen LogP) is 6.78. The van der Waals surface area contributed by atoms with Gasteiger partial charge >= 0.3 is 0 Å². The van der Waals surface area contributed by atoms with E-state index in [0.717, 1.165) is 95.4 Å². The minimum atomic E-state index is -0.354. The molecule has 0 bridgehead atoms. The van der Waals surface area contributed by atoms with E-state index in [-0.39, 0.29) is 11.7 Å². The number of nitrogens with zero attached hydrogens (tertiary/aromatic N) is 4. The molecular weight excluding hydrogens is 619 g/mol. The SMILES string of the molecule is O=C(CC1CCNCC1)Nc1cncc(-c2ccc3[nH]nc(-c4cc5c(-c6cc(F)cc(OCCN7CCCC7)c6)cncc5[nH]4)c3c2)c1. The molecule has 2 aromatic carbocycles. The van der Waals surface area contributed by atoms with Gasteiger partial charge in [0.15, 0.2) is 0 Å². The average molecular weight is 659 g/mol. The third-order valence-corrected chi connectivity index (χ3v) is 9.71. The summed E-state index contributed by atoms with van der Waals surface area (Å²) in [5.41, 5.74) is 7.28. The molecule has 0 saturated carbocycles. The monoisotopic (exact) mass is 658 g/mol. The molecule has 2 saturated heterocycles. The Morgan fingerprint density at radius 3 is 2.63 bits per heavy atom. The number of amides is 1. The summed E-state index contributed by atoms with van der Waals surface area (Å²) in [5.74, 6) is 0.580. The summed E-state index contributed by atoms with van der Waals surface area (Å²) < 4.78 is 20.8. The van der Waals surface area contributed by atoms with Crippen LogP contribution in [0, 0.1) is 11.7 Å². The maximum absolute atomic E-state index is 14.8. The van der Waals surface area contributed by atoms with Gasteiger partial charge in [0.2, 0.25) is 5.91 Å². The maximum atomic E-state index is 14.8. The fraction of sp³-hybridized carbons (Fsp3) is 0.316. The van der Waals surface area contributed by atoms with Crippen molar-refractivity contribution >= 4 is 33.4 Å². The van der Waals surface area contributed by atoms with Gasteiger partial charge in [-0.2, -0.15) is 5.10 Å². The number of benzene rings is 2. The molecule has 8 rings (SSSR count). The molecule has 250 valence electrons. The average Bonchev–Trinajstić information content (AvgIpc) is 3.88. The first kappa shape index (κ1) is 31.2. The van der Waals surface area contributed by atoms with Crippen LogP contribution in [0.5, 0.6) is 5.75 Å². The van der Waals surface area contributed by atoms with E-state index in [0.29, 0.717) is 35.9 Å². The zero-order valence-corrected chi connectivity index (χ0v) is 27.3. The quantitative estimate of drug-likeness (QED) is 0.128. The van der Waals surface area contributed by atoms with Crippen LogP contribution in [0.3, 0.4) is 0 Å². The molecule has 0 unspecified atom stereocenters. The highest BCUT2D eigenvalue weighted by Crippen LogP contribution is 2.36. The van der Waals surface area contributed by atoms with E-state index in [2.05, 4.69) is 46.7 Å². The molecular formula is C38H39FN8O2. The van der Waals surface area contributed by atoms with Crippen LogP contribution in [0.1, 0.15) is 32.1 Å². The molecule has 0 aliphatic carbocycles. The van der Waals surface area contributed by atoms with Crippen LogP contribution in [0.15, 0.2) is 73.3 Å². The van der Waals surface area contributed by atoms with Crippen LogP contribution in [0.4, 0.5) is 10.1 Å². The highest BCUT2D eigenvalue weighted by atomic mass is 19.1. The van der Waals surface area contributed by atoms with Crippen LogP contribution in [-0.4, -0.2) is 75.3 Å². The number of pyridine rings is 2. The molecule has 11 heteroatoms. The van der Waals surface area contributed by atoms with Crippen molar-refractivity contribution in [2.24, 2.45) is 5.92 Å². The number of hydrogen-bond donors (Lipinski definition) is 4. The van der Waals surface area contributed by atoms with Gasteiger partial charge in [-0.1, -0.05) is 6.07 Å². The number of rotatable bonds is 10. The summed E-state index contributed by atoms with van der Waals surface area (Å²) in [6.07, 6.45) is 12.0. The molecule has 0 radical (unpaired) electrons. The number of H-pyrrole nitrogens is 2. The first-order chi connectivity index (χ1) is 24.1. The fourth-order valence-corrected chi connectivity index (χ4v) is 7.13. The van der Waals surface area contributed by atoms with Crippen molar-refractivity contribution < 1.29 is 13.9 Å². The molecule has 2 fully saturated rings. The lowest BCUT2D eigenvalue weighted by Gasteiger charge is -2.21. The van der Waals surface area contributed by atoms with Gasteiger partial charge in [0, 0.05) is 53.3 Å². The molecule has 4 aromatic heterocycles. The van der Waals surface area contributed by atoms with Crippen LogP contribution in [0.2, 0.25) is 0 Å². The smallest absolute Gasteiger partial charge is 0.224 e. The number of aromatic nitrogens is 5. The van der Waals surface area contributed by atoms with Crippen molar-refractivity contribution in [1.82, 2.24) is 35.4 Å². The molecule has 4 N–H and O–H groups in total. The Hall–Kier alpha value is -5.13. The van der Waals surface area contributed by atoms with Gasteiger partial charge < -0.3 is 20.4 Å². The van der Waals surface area contributed by atoms with Crippen LogP contribution in [-0.2, 0) is 4.79 Å². The number of piperidine rings is 1. The minimum absolute atomic E-state index is 0.0191. The van der Waals surface area contributed by atoms with E-state index in [1.165, 1.54) is 25.0 Å². The maximum Gasteiger partial charge on any atom is 0.224 e. The fourth-order valence-electron chi connectivity index (χ4n) is 7.13. The molecule has 49 heavy (non-hydrogen) atoms. The largest absolute Gasteiger partial charge is 0.492 e. The second-order valence-corrected chi connectivity index (χ2v) is 13.1. The van der Waals surface area contributed by atoms with E-state index in [4.69, 9.17) is 4.74 Å². The summed E-state index contributed by atoms with van der Waals surface area (Å²) in [6, 6.07) is 14.9. The number of nitrogens with one attached hydrogen (secondary N) is 4. The number of anilines is 1. The summed E-state index contributed by atoms with van der Waals surface area (Å²) in [7, 11) is 0. The van der Waals surface area contributed by atoms with Gasteiger partial charge in [-0.15, -0.1) is 0 Å². The van der Waals surface area contributed by atoms with Crippen LogP contribution < -0.4 is 15.4 Å². The third kappa shape index (κ3) is 6.90. The Labute approximate surface area is 283 Å². The van der Waals surface area contributed by atoms with Crippen LogP contribution >= 0.6 is 0 Å². The summed E-state index contributed by atoms with van der Waals surface area (Å²) >= 11 is 0. The summed E-state index contributed by atoms with van der Waals surface area (Å²) in [6.45, 7) is 5.47. The second kappa shape index (κ2) is 13.8. The Bertz CT molecular complexity index is 2110. The zero-order valence-electron chi connectivity index (χ0n) is 27.3. The second-order valence-electron chi connectivity index (χ2n) is 13.1. The van der Waals surface area contributed by atoms with Gasteiger partial charge in [0.25, 0.3) is 0 Å². The number of likely N-dealkylation sites (tertiary alicyclic amines) is 1. The van der Waals surface area contributed by atoms with Gasteiger partial charge in [-0.25, -0.2) is 4.39 Å². The standard InChI is InChI=1S/C38H39FN8O2/c39-28-14-26(16-30(18-28)49-12-11-47-9-1-2-10-47)33-22-42-23-36-31(33)19-35(44-36)38-32-17-25(3-4-34(32)45-46-38)27-15-29(21-41-20-27)43-37(48)13-24-5-7-40-8-6-24/h3-4,14-24,40,44H,1-2,5-13H2,(H,43,48)(H,45,46). The molecule has 2 aliphatic rings. The zero-order chi connectivity index (χ0) is 33.2. The van der Waals surface area contributed by atoms with Gasteiger partial charge in [0.1, 0.15) is 23.9 Å². The van der Waals surface area contributed by atoms with Crippen molar-refractivity contribution in [1.29, 1.82) is 0 Å². The van der Waals surface area contributed by atoms with E-state index < -0.39 is 0 Å². The van der Waals surface area contributed by atoms with E-state index in [1.54, 1.807) is 24.8 Å². The molecule has 10 nitrogen and oxygen atoms in total. The Morgan fingerprint density at radius 2 is 1.76 bits per heavy atom. The normalized spacial score (nSPS) is 15.7. The van der Waals surface area contributed by atoms with E-state index in [1.807, 2.05) is 30.3 Å². The number of carbonyl (C=O) groups excluding carboxylic acids is 1. The Morgan fingerprint density at radius 1 is 0.898 bits per heavy atom. The first-order valence-electron chi connectivity index (χ1n) is 17.1. The van der Waals surface area contributed by atoms with Crippen molar-refractivity contribution in [3.05, 3.63) is 79.1 Å². The number of fused-ring (bicyclic) bond motifs is 2. The Balaban J connectivity index is 1.05. The highest BCUT2D eigenvalue weighted by molar-refractivity contribution is 6.01. The van der Waals surface area contributed by atoms with E-state index >= 15 is 0 Å². The van der Waals surface area contributed by atoms with Gasteiger partial charge in [-0.3, -0.25) is 24.8 Å². The van der Waals surface area contributed by atoms with Crippen molar-refractivity contribution in [2.45, 2.75) is 32.1 Å². The summed E-state index contributed by atoms with van der Waals surface area (Å²) in [5, 5.41) is 16.1. The lowest BCUT2D eigenvalue weighted by molar-refractivity contribution is -0.117. The first-order valence-corrected chi connectivity index (χ1v) is 17.1. The van der Waals surface area contributed by atoms with Gasteiger partial charge in [-0.05, 0) is 105 Å². The third-order valence-electron chi connectivity index (χ3n) is 9.71. The van der Waals surface area contributed by atoms with Crippen molar-refractivity contribution in [2.75, 3.05) is 44.6 Å². The molecule has 0 spiro atoms. The van der Waals surface area contributed by atoms with Gasteiger partial charge in [0.05, 0.1) is 34.8 Å². The van der Waals surface area contributed by atoms with Crippen molar-refractivity contribution in [3.8, 4) is 39.4 Å². The number of halogens is 1. The van der Waals surface area contributed by atoms with Crippen LogP contribution in [0.25, 0.3) is 55.4 Å². The van der Waals surface area contributed by atoms with E-state index in [9.17, 15) is 9.18 Å².